The first kappa shape index (κ1) is 17.3. The fraction of sp³-hybridized carbons (Fsp3) is 0.286. The van der Waals surface area contributed by atoms with E-state index in [0.29, 0.717) is 23.0 Å². The van der Waals surface area contributed by atoms with Crippen LogP contribution in [-0.4, -0.2) is 41.5 Å². The number of hydrogen-bond donors (Lipinski definition) is 1. The minimum absolute atomic E-state index is 0.0154. The van der Waals surface area contributed by atoms with Gasteiger partial charge in [0, 0.05) is 49.4 Å². The Hall–Kier alpha value is -2.14. The fourth-order valence-corrected chi connectivity index (χ4v) is 3.95. The Morgan fingerprint density at radius 3 is 2.73 bits per heavy atom. The van der Waals surface area contributed by atoms with Crippen molar-refractivity contribution in [3.8, 4) is 0 Å². The molecule has 134 valence electrons. The van der Waals surface area contributed by atoms with Crippen LogP contribution in [0, 0.1) is 0 Å². The van der Waals surface area contributed by atoms with Gasteiger partial charge in [-0.3, -0.25) is 9.69 Å². The van der Waals surface area contributed by atoms with Gasteiger partial charge in [0.05, 0.1) is 10.5 Å². The Bertz CT molecular complexity index is 970. The molecule has 2 heterocycles. The number of aromatic amines is 1. The highest BCUT2D eigenvalue weighted by Gasteiger charge is 2.26. The molecule has 2 aromatic carbocycles. The molecule has 0 amide bonds. The first-order valence-corrected chi connectivity index (χ1v) is 9.27. The molecule has 5 heteroatoms. The van der Waals surface area contributed by atoms with Crippen LogP contribution in [0.4, 0.5) is 0 Å². The van der Waals surface area contributed by atoms with Crippen molar-refractivity contribution in [1.29, 1.82) is 0 Å². The minimum atomic E-state index is 0.0154. The summed E-state index contributed by atoms with van der Waals surface area (Å²) in [6, 6.07) is 18.0. The Kier molecular flexibility index (Phi) is 4.81. The maximum absolute atomic E-state index is 12.5. The Balaban J connectivity index is 1.68. The van der Waals surface area contributed by atoms with Crippen LogP contribution >= 0.6 is 11.6 Å². The van der Waals surface area contributed by atoms with Crippen molar-refractivity contribution in [2.24, 2.45) is 0 Å². The van der Waals surface area contributed by atoms with E-state index in [9.17, 15) is 4.79 Å². The smallest absolute Gasteiger partial charge is 0.189 e. The summed E-state index contributed by atoms with van der Waals surface area (Å²) in [5.74, 6) is 0. The summed E-state index contributed by atoms with van der Waals surface area (Å²) in [5.41, 5.74) is 2.95. The molecular weight excluding hydrogens is 346 g/mol. The summed E-state index contributed by atoms with van der Waals surface area (Å²) in [6.45, 7) is 3.65. The molecule has 3 aromatic rings. The highest BCUT2D eigenvalue weighted by atomic mass is 35.5. The van der Waals surface area contributed by atoms with Gasteiger partial charge in [0.25, 0.3) is 0 Å². The van der Waals surface area contributed by atoms with E-state index in [-0.39, 0.29) is 5.43 Å². The topological polar surface area (TPSA) is 39.3 Å². The summed E-state index contributed by atoms with van der Waals surface area (Å²) in [4.78, 5) is 20.7. The average molecular weight is 368 g/mol. The Labute approximate surface area is 158 Å². The summed E-state index contributed by atoms with van der Waals surface area (Å²) in [5, 5.41) is 1.22. The zero-order chi connectivity index (χ0) is 18.1. The first-order chi connectivity index (χ1) is 12.6. The molecule has 4 nitrogen and oxygen atoms in total. The first-order valence-electron chi connectivity index (χ1n) is 8.90. The van der Waals surface area contributed by atoms with Gasteiger partial charge >= 0.3 is 0 Å². The number of fused-ring (bicyclic) bond motifs is 1. The van der Waals surface area contributed by atoms with E-state index in [1.54, 1.807) is 6.07 Å². The predicted octanol–water partition coefficient (Wildman–Crippen LogP) is 3.67. The zero-order valence-electron chi connectivity index (χ0n) is 14.8. The normalized spacial score (nSPS) is 19.1. The molecule has 1 aromatic heterocycles. The number of para-hydroxylation sites is 1. The quantitative estimate of drug-likeness (QED) is 0.767. The molecule has 4 rings (SSSR count). The molecular formula is C21H22ClN3O. The van der Waals surface area contributed by atoms with Gasteiger partial charge in [-0.2, -0.15) is 0 Å². The van der Waals surface area contributed by atoms with Crippen LogP contribution in [-0.2, 0) is 6.54 Å². The number of hydrogen-bond acceptors (Lipinski definition) is 3. The molecule has 1 saturated heterocycles. The maximum atomic E-state index is 12.5. The summed E-state index contributed by atoms with van der Waals surface area (Å²) < 4.78 is 0. The zero-order valence-corrected chi connectivity index (χ0v) is 15.5. The number of likely N-dealkylation sites (N-methyl/N-ethyl adjacent to an activating group) is 1. The number of piperazine rings is 1. The molecule has 1 atom stereocenters. The maximum Gasteiger partial charge on any atom is 0.189 e. The van der Waals surface area contributed by atoms with Gasteiger partial charge in [-0.05, 0) is 24.7 Å². The lowest BCUT2D eigenvalue weighted by atomic mass is 10.0. The average Bonchev–Trinajstić information content (AvgIpc) is 2.65. The number of rotatable bonds is 3. The highest BCUT2D eigenvalue weighted by molar-refractivity contribution is 6.35. The molecule has 1 N–H and O–H groups in total. The van der Waals surface area contributed by atoms with Crippen LogP contribution in [0.5, 0.6) is 0 Å². The van der Waals surface area contributed by atoms with E-state index in [4.69, 9.17) is 11.6 Å². The van der Waals surface area contributed by atoms with Crippen molar-refractivity contribution in [2.45, 2.75) is 12.6 Å². The number of nitrogens with zero attached hydrogens (tertiary/aromatic N) is 2. The Morgan fingerprint density at radius 2 is 1.92 bits per heavy atom. The lowest BCUT2D eigenvalue weighted by Gasteiger charge is -2.40. The van der Waals surface area contributed by atoms with Gasteiger partial charge in [0.2, 0.25) is 0 Å². The van der Waals surface area contributed by atoms with E-state index in [2.05, 4.69) is 46.1 Å². The molecule has 0 spiro atoms. The van der Waals surface area contributed by atoms with E-state index in [0.717, 1.165) is 30.8 Å². The number of pyridine rings is 1. The van der Waals surface area contributed by atoms with Crippen molar-refractivity contribution < 1.29 is 0 Å². The molecule has 1 fully saturated rings. The summed E-state index contributed by atoms with van der Waals surface area (Å²) in [6.07, 6.45) is 0. The van der Waals surface area contributed by atoms with Crippen LogP contribution in [0.3, 0.4) is 0 Å². The second-order valence-electron chi connectivity index (χ2n) is 6.98. The highest BCUT2D eigenvalue weighted by Crippen LogP contribution is 2.27. The van der Waals surface area contributed by atoms with Crippen molar-refractivity contribution in [1.82, 2.24) is 14.8 Å². The third-order valence-electron chi connectivity index (χ3n) is 5.12. The van der Waals surface area contributed by atoms with Gasteiger partial charge in [-0.1, -0.05) is 48.0 Å². The molecule has 1 aliphatic heterocycles. The number of aromatic nitrogens is 1. The standard InChI is InChI=1S/C21H22ClN3O/c1-24-10-11-25(19(14-24)15-6-3-2-4-7-15)13-16-12-20(26)17-8-5-9-18(22)21(17)23-16/h2-9,12,19H,10-11,13-14H2,1H3,(H,23,26)/t19-/m1/s1. The van der Waals surface area contributed by atoms with Crippen LogP contribution in [0.1, 0.15) is 17.3 Å². The van der Waals surface area contributed by atoms with Crippen molar-refractivity contribution in [3.05, 3.63) is 81.1 Å². The minimum Gasteiger partial charge on any atom is -0.356 e. The lowest BCUT2D eigenvalue weighted by molar-refractivity contribution is 0.0823. The van der Waals surface area contributed by atoms with Crippen LogP contribution in [0.2, 0.25) is 5.02 Å². The van der Waals surface area contributed by atoms with Crippen LogP contribution in [0.15, 0.2) is 59.4 Å². The monoisotopic (exact) mass is 367 g/mol. The van der Waals surface area contributed by atoms with Crippen molar-refractivity contribution in [2.75, 3.05) is 26.7 Å². The molecule has 0 aliphatic carbocycles. The molecule has 0 saturated carbocycles. The van der Waals surface area contributed by atoms with Gasteiger partial charge in [0.1, 0.15) is 0 Å². The van der Waals surface area contributed by atoms with E-state index in [1.165, 1.54) is 5.56 Å². The molecule has 0 radical (unpaired) electrons. The number of halogens is 1. The van der Waals surface area contributed by atoms with Gasteiger partial charge in [-0.25, -0.2) is 0 Å². The van der Waals surface area contributed by atoms with E-state index < -0.39 is 0 Å². The largest absolute Gasteiger partial charge is 0.356 e. The fourth-order valence-electron chi connectivity index (χ4n) is 3.73. The number of nitrogens with one attached hydrogen (secondary N) is 1. The second-order valence-corrected chi connectivity index (χ2v) is 7.39. The van der Waals surface area contributed by atoms with Gasteiger partial charge in [0.15, 0.2) is 5.43 Å². The van der Waals surface area contributed by atoms with Crippen molar-refractivity contribution >= 4 is 22.5 Å². The molecule has 1 aliphatic rings. The molecule has 26 heavy (non-hydrogen) atoms. The summed E-state index contributed by atoms with van der Waals surface area (Å²) in [7, 11) is 2.16. The SMILES string of the molecule is CN1CCN(Cc2cc(=O)c3cccc(Cl)c3[nH]2)[C@@H](c2ccccc2)C1. The molecule has 0 bridgehead atoms. The van der Waals surface area contributed by atoms with Crippen molar-refractivity contribution in [3.63, 3.8) is 0 Å². The number of benzene rings is 2. The van der Waals surface area contributed by atoms with Crippen LogP contribution < -0.4 is 5.43 Å². The second kappa shape index (κ2) is 7.23. The third kappa shape index (κ3) is 3.40. The van der Waals surface area contributed by atoms with Gasteiger partial charge < -0.3 is 9.88 Å². The third-order valence-corrected chi connectivity index (χ3v) is 5.44. The van der Waals surface area contributed by atoms with Gasteiger partial charge in [-0.15, -0.1) is 0 Å². The summed E-state index contributed by atoms with van der Waals surface area (Å²) >= 11 is 6.30. The molecule has 0 unspecified atom stereocenters. The van der Waals surface area contributed by atoms with E-state index in [1.807, 2.05) is 24.3 Å². The lowest BCUT2D eigenvalue weighted by Crippen LogP contribution is -2.46. The van der Waals surface area contributed by atoms with Crippen LogP contribution in [0.25, 0.3) is 10.9 Å². The Morgan fingerprint density at radius 1 is 1.12 bits per heavy atom. The van der Waals surface area contributed by atoms with E-state index >= 15 is 0 Å². The predicted molar refractivity (Wildman–Crippen MR) is 107 cm³/mol. The number of H-pyrrole nitrogens is 1.